The van der Waals surface area contributed by atoms with E-state index in [1.165, 1.54) is 0 Å². The Morgan fingerprint density at radius 3 is 2.12 bits per heavy atom. The lowest BCUT2D eigenvalue weighted by atomic mass is 10.2. The van der Waals surface area contributed by atoms with Crippen molar-refractivity contribution in [1.29, 1.82) is 0 Å². The van der Waals surface area contributed by atoms with Crippen LogP contribution in [0, 0.1) is 6.92 Å². The van der Waals surface area contributed by atoms with E-state index in [0.717, 1.165) is 5.56 Å². The van der Waals surface area contributed by atoms with Gasteiger partial charge in [0.1, 0.15) is 0 Å². The van der Waals surface area contributed by atoms with Crippen molar-refractivity contribution in [3.05, 3.63) is 29.8 Å². The van der Waals surface area contributed by atoms with Gasteiger partial charge in [-0.2, -0.15) is 0 Å². The van der Waals surface area contributed by atoms with Gasteiger partial charge in [-0.3, -0.25) is 0 Å². The smallest absolute Gasteiger partial charge is 0.185 e. The minimum absolute atomic E-state index is 0.307. The molecule has 1 aliphatic carbocycles. The van der Waals surface area contributed by atoms with Gasteiger partial charge in [0.05, 0.1) is 9.64 Å². The predicted molar refractivity (Wildman–Crippen MR) is 64.0 cm³/mol. The van der Waals surface area contributed by atoms with Crippen molar-refractivity contribution in [1.82, 2.24) is 0 Å². The molecule has 1 aromatic carbocycles. The van der Waals surface area contributed by atoms with Crippen LogP contribution in [0.1, 0.15) is 25.3 Å². The van der Waals surface area contributed by atoms with E-state index in [2.05, 4.69) is 0 Å². The zero-order valence-electron chi connectivity index (χ0n) is 9.60. The van der Waals surface area contributed by atoms with Crippen LogP contribution in [0.3, 0.4) is 0 Å². The van der Waals surface area contributed by atoms with Crippen LogP contribution in [0.25, 0.3) is 0 Å². The second-order valence-corrected chi connectivity index (χ2v) is 6.96. The van der Waals surface area contributed by atoms with Crippen molar-refractivity contribution in [2.24, 2.45) is 5.73 Å². The number of hydrogen-bond donors (Lipinski definition) is 1. The van der Waals surface area contributed by atoms with E-state index >= 15 is 0 Å². The van der Waals surface area contributed by atoms with Crippen LogP contribution >= 0.6 is 0 Å². The SMILES string of the molecule is Cc1ccc(S(=O)(=O)C2(C(C)N)CC2)cc1. The summed E-state index contributed by atoms with van der Waals surface area (Å²) in [6.45, 7) is 3.72. The fourth-order valence-electron chi connectivity index (χ4n) is 2.04. The van der Waals surface area contributed by atoms with E-state index < -0.39 is 14.6 Å². The van der Waals surface area contributed by atoms with Gasteiger partial charge in [0.25, 0.3) is 0 Å². The summed E-state index contributed by atoms with van der Waals surface area (Å²) in [5.74, 6) is 0. The van der Waals surface area contributed by atoms with Crippen molar-refractivity contribution in [3.63, 3.8) is 0 Å². The van der Waals surface area contributed by atoms with Crippen LogP contribution in [0.4, 0.5) is 0 Å². The summed E-state index contributed by atoms with van der Waals surface area (Å²) in [5.41, 5.74) is 6.87. The Morgan fingerprint density at radius 2 is 1.75 bits per heavy atom. The molecular formula is C12H17NO2S. The lowest BCUT2D eigenvalue weighted by Gasteiger charge is -2.20. The minimum atomic E-state index is -3.27. The Morgan fingerprint density at radius 1 is 1.25 bits per heavy atom. The van der Waals surface area contributed by atoms with Crippen LogP contribution in [-0.4, -0.2) is 19.2 Å². The maximum absolute atomic E-state index is 12.4. The third kappa shape index (κ3) is 1.57. The molecule has 1 atom stereocenters. The van der Waals surface area contributed by atoms with E-state index in [-0.39, 0.29) is 6.04 Å². The summed E-state index contributed by atoms with van der Waals surface area (Å²) in [7, 11) is -3.27. The number of rotatable bonds is 3. The maximum Gasteiger partial charge on any atom is 0.185 e. The Bertz CT molecular complexity index is 484. The molecule has 0 aliphatic heterocycles. The first-order chi connectivity index (χ1) is 7.40. The minimum Gasteiger partial charge on any atom is -0.327 e. The Labute approximate surface area is 96.6 Å². The molecule has 0 saturated heterocycles. The highest BCUT2D eigenvalue weighted by Gasteiger charge is 2.57. The Hall–Kier alpha value is -0.870. The van der Waals surface area contributed by atoms with Crippen LogP contribution < -0.4 is 5.73 Å². The molecule has 1 aliphatic rings. The van der Waals surface area contributed by atoms with Gasteiger partial charge < -0.3 is 5.73 Å². The summed E-state index contributed by atoms with van der Waals surface area (Å²) in [6, 6.07) is 6.69. The van der Waals surface area contributed by atoms with Gasteiger partial charge in [-0.15, -0.1) is 0 Å². The van der Waals surface area contributed by atoms with E-state index in [4.69, 9.17) is 5.73 Å². The number of aryl methyl sites for hydroxylation is 1. The average Bonchev–Trinajstić information content (AvgIpc) is 2.98. The summed E-state index contributed by atoms with van der Waals surface area (Å²) in [6.07, 6.45) is 1.36. The van der Waals surface area contributed by atoms with Gasteiger partial charge in [-0.25, -0.2) is 8.42 Å². The third-order valence-electron chi connectivity index (χ3n) is 3.44. The number of nitrogens with two attached hydrogens (primary N) is 1. The summed E-state index contributed by atoms with van der Waals surface area (Å²) >= 11 is 0. The van der Waals surface area contributed by atoms with E-state index in [9.17, 15) is 8.42 Å². The highest BCUT2D eigenvalue weighted by molar-refractivity contribution is 7.93. The Kier molecular flexibility index (Phi) is 2.59. The molecule has 0 amide bonds. The topological polar surface area (TPSA) is 60.2 Å². The molecule has 4 heteroatoms. The average molecular weight is 239 g/mol. The molecule has 0 bridgehead atoms. The first kappa shape index (κ1) is 11.6. The van der Waals surface area contributed by atoms with Gasteiger partial charge in [-0.05, 0) is 38.8 Å². The van der Waals surface area contributed by atoms with E-state index in [1.54, 1.807) is 19.1 Å². The normalized spacial score (nSPS) is 20.4. The molecule has 0 aromatic heterocycles. The number of benzene rings is 1. The van der Waals surface area contributed by atoms with Crippen LogP contribution in [0.5, 0.6) is 0 Å². The van der Waals surface area contributed by atoms with Gasteiger partial charge in [-0.1, -0.05) is 17.7 Å². The zero-order valence-corrected chi connectivity index (χ0v) is 10.4. The lowest BCUT2D eigenvalue weighted by molar-refractivity contribution is 0.554. The number of sulfone groups is 1. The summed E-state index contributed by atoms with van der Waals surface area (Å²) in [4.78, 5) is 0.396. The molecule has 2 N–H and O–H groups in total. The van der Waals surface area contributed by atoms with Crippen LogP contribution in [0.2, 0.25) is 0 Å². The van der Waals surface area contributed by atoms with Gasteiger partial charge in [0.15, 0.2) is 9.84 Å². The largest absolute Gasteiger partial charge is 0.327 e. The highest BCUT2D eigenvalue weighted by atomic mass is 32.2. The fraction of sp³-hybridized carbons (Fsp3) is 0.500. The van der Waals surface area contributed by atoms with Crippen LogP contribution in [-0.2, 0) is 9.84 Å². The Balaban J connectivity index is 2.44. The molecular weight excluding hydrogens is 222 g/mol. The van der Waals surface area contributed by atoms with E-state index in [0.29, 0.717) is 17.7 Å². The quantitative estimate of drug-likeness (QED) is 0.872. The maximum atomic E-state index is 12.4. The van der Waals surface area contributed by atoms with Crippen molar-refractivity contribution < 1.29 is 8.42 Å². The van der Waals surface area contributed by atoms with Crippen molar-refractivity contribution in [2.75, 3.05) is 0 Å². The third-order valence-corrected chi connectivity index (χ3v) is 6.18. The highest BCUT2D eigenvalue weighted by Crippen LogP contribution is 2.48. The zero-order chi connectivity index (χ0) is 12.0. The molecule has 0 heterocycles. The predicted octanol–water partition coefficient (Wildman–Crippen LogP) is 1.65. The summed E-state index contributed by atoms with van der Waals surface area (Å²) in [5, 5.41) is 0. The van der Waals surface area contributed by atoms with Crippen molar-refractivity contribution >= 4 is 9.84 Å². The fourth-order valence-corrected chi connectivity index (χ4v) is 4.14. The molecule has 16 heavy (non-hydrogen) atoms. The second-order valence-electron chi connectivity index (χ2n) is 4.67. The molecule has 3 nitrogen and oxygen atoms in total. The standard InChI is InChI=1S/C12H17NO2S/c1-9-3-5-11(6-4-9)16(14,15)12(7-8-12)10(2)13/h3-6,10H,7-8,13H2,1-2H3. The van der Waals surface area contributed by atoms with Crippen molar-refractivity contribution in [3.8, 4) is 0 Å². The molecule has 2 rings (SSSR count). The molecule has 1 fully saturated rings. The molecule has 1 aromatic rings. The lowest BCUT2D eigenvalue weighted by Crippen LogP contribution is -2.40. The first-order valence-corrected chi connectivity index (χ1v) is 6.95. The number of hydrogen-bond acceptors (Lipinski definition) is 3. The van der Waals surface area contributed by atoms with Gasteiger partial charge in [0, 0.05) is 6.04 Å². The monoisotopic (exact) mass is 239 g/mol. The van der Waals surface area contributed by atoms with Crippen molar-refractivity contribution in [2.45, 2.75) is 42.4 Å². The van der Waals surface area contributed by atoms with Gasteiger partial charge in [0.2, 0.25) is 0 Å². The summed E-state index contributed by atoms with van der Waals surface area (Å²) < 4.78 is 24.1. The van der Waals surface area contributed by atoms with Crippen LogP contribution in [0.15, 0.2) is 29.2 Å². The molecule has 1 unspecified atom stereocenters. The second kappa shape index (κ2) is 3.57. The van der Waals surface area contributed by atoms with Gasteiger partial charge >= 0.3 is 0 Å². The molecule has 88 valence electrons. The molecule has 0 radical (unpaired) electrons. The first-order valence-electron chi connectivity index (χ1n) is 5.47. The molecule has 1 saturated carbocycles. The molecule has 0 spiro atoms. The van der Waals surface area contributed by atoms with E-state index in [1.807, 2.05) is 19.1 Å².